The second kappa shape index (κ2) is 6.33. The van der Waals surface area contributed by atoms with E-state index in [1.807, 2.05) is 45.9 Å². The number of aromatic hydroxyl groups is 2. The van der Waals surface area contributed by atoms with Gasteiger partial charge < -0.3 is 10.2 Å². The average molecular weight is 338 g/mol. The summed E-state index contributed by atoms with van der Waals surface area (Å²) >= 11 is 1.69. The van der Waals surface area contributed by atoms with Crippen molar-refractivity contribution in [2.45, 2.75) is 33.6 Å². The lowest BCUT2D eigenvalue weighted by Crippen LogP contribution is -2.06. The largest absolute Gasteiger partial charge is 0.507 e. The van der Waals surface area contributed by atoms with E-state index in [0.29, 0.717) is 11.5 Å². The second-order valence-electron chi connectivity index (χ2n) is 6.34. The zero-order valence-electron chi connectivity index (χ0n) is 14.4. The Bertz CT molecular complexity index is 822. The summed E-state index contributed by atoms with van der Waals surface area (Å²) in [6.07, 6.45) is 0. The second-order valence-corrected chi connectivity index (χ2v) is 7.32. The van der Waals surface area contributed by atoms with E-state index in [-0.39, 0.29) is 5.92 Å². The highest BCUT2D eigenvalue weighted by Gasteiger charge is 2.24. The first-order chi connectivity index (χ1) is 11.4. The number of rotatable bonds is 3. The minimum Gasteiger partial charge on any atom is -0.507 e. The minimum absolute atomic E-state index is 0.00278. The van der Waals surface area contributed by atoms with Gasteiger partial charge in [-0.1, -0.05) is 30.3 Å². The summed E-state index contributed by atoms with van der Waals surface area (Å²) in [5.74, 6) is 0.703. The molecule has 0 fully saturated rings. The van der Waals surface area contributed by atoms with E-state index in [4.69, 9.17) is 0 Å². The van der Waals surface area contributed by atoms with Crippen LogP contribution in [0, 0.1) is 27.7 Å². The van der Waals surface area contributed by atoms with Crippen LogP contribution in [0.1, 0.15) is 44.2 Å². The number of aryl methyl sites for hydroxylation is 2. The molecule has 0 saturated carbocycles. The number of phenolic OH excluding ortho intramolecular Hbond substituents is 2. The average Bonchev–Trinajstić information content (AvgIpc) is 3.09. The Morgan fingerprint density at radius 3 is 1.67 bits per heavy atom. The van der Waals surface area contributed by atoms with Crippen molar-refractivity contribution < 1.29 is 10.2 Å². The molecule has 124 valence electrons. The van der Waals surface area contributed by atoms with Crippen LogP contribution in [-0.4, -0.2) is 10.2 Å². The van der Waals surface area contributed by atoms with Crippen molar-refractivity contribution in [3.05, 3.63) is 80.0 Å². The van der Waals surface area contributed by atoms with Gasteiger partial charge in [0.2, 0.25) is 0 Å². The number of phenols is 2. The molecule has 0 aliphatic rings. The molecule has 0 unspecified atom stereocenters. The van der Waals surface area contributed by atoms with Crippen molar-refractivity contribution in [2.24, 2.45) is 0 Å². The Morgan fingerprint density at radius 2 is 1.25 bits per heavy atom. The lowest BCUT2D eigenvalue weighted by Gasteiger charge is -2.23. The molecule has 0 spiro atoms. The molecule has 1 heterocycles. The third-order valence-electron chi connectivity index (χ3n) is 4.80. The molecule has 0 aliphatic carbocycles. The molecule has 2 N–H and O–H groups in total. The zero-order valence-corrected chi connectivity index (χ0v) is 15.2. The van der Waals surface area contributed by atoms with Gasteiger partial charge in [-0.05, 0) is 72.5 Å². The monoisotopic (exact) mass is 338 g/mol. The van der Waals surface area contributed by atoms with Gasteiger partial charge in [0.25, 0.3) is 0 Å². The highest BCUT2D eigenvalue weighted by atomic mass is 32.1. The smallest absolute Gasteiger partial charge is 0.121 e. The summed E-state index contributed by atoms with van der Waals surface area (Å²) < 4.78 is 0. The molecular formula is C21H22O2S. The fourth-order valence-corrected chi connectivity index (χ4v) is 4.12. The Balaban J connectivity index is 2.28. The van der Waals surface area contributed by atoms with Crippen LogP contribution < -0.4 is 0 Å². The van der Waals surface area contributed by atoms with E-state index in [2.05, 4.69) is 23.6 Å². The highest BCUT2D eigenvalue weighted by molar-refractivity contribution is 7.10. The van der Waals surface area contributed by atoms with Gasteiger partial charge in [0, 0.05) is 10.8 Å². The molecule has 3 aromatic rings. The molecule has 0 bridgehead atoms. The van der Waals surface area contributed by atoms with E-state index in [1.165, 1.54) is 4.88 Å². The van der Waals surface area contributed by atoms with Gasteiger partial charge in [-0.25, -0.2) is 0 Å². The van der Waals surface area contributed by atoms with Crippen molar-refractivity contribution >= 4 is 11.3 Å². The van der Waals surface area contributed by atoms with Gasteiger partial charge >= 0.3 is 0 Å². The molecular weight excluding hydrogens is 316 g/mol. The lowest BCUT2D eigenvalue weighted by molar-refractivity contribution is 0.464. The number of benzene rings is 2. The number of hydrogen-bond donors (Lipinski definition) is 2. The van der Waals surface area contributed by atoms with Crippen molar-refractivity contribution in [3.8, 4) is 11.5 Å². The molecule has 2 aromatic carbocycles. The van der Waals surface area contributed by atoms with E-state index < -0.39 is 0 Å². The van der Waals surface area contributed by atoms with Gasteiger partial charge in [-0.15, -0.1) is 11.3 Å². The molecule has 0 saturated heterocycles. The quantitative estimate of drug-likeness (QED) is 0.655. The van der Waals surface area contributed by atoms with E-state index in [9.17, 15) is 10.2 Å². The Hall–Kier alpha value is -2.26. The molecule has 3 rings (SSSR count). The van der Waals surface area contributed by atoms with E-state index >= 15 is 0 Å². The molecule has 0 radical (unpaired) electrons. The predicted molar refractivity (Wildman–Crippen MR) is 100 cm³/mol. The van der Waals surface area contributed by atoms with Gasteiger partial charge in [-0.2, -0.15) is 0 Å². The van der Waals surface area contributed by atoms with Crippen LogP contribution >= 0.6 is 11.3 Å². The highest BCUT2D eigenvalue weighted by Crippen LogP contribution is 2.42. The van der Waals surface area contributed by atoms with Gasteiger partial charge in [0.15, 0.2) is 0 Å². The summed E-state index contributed by atoms with van der Waals surface area (Å²) in [6, 6.07) is 12.3. The summed E-state index contributed by atoms with van der Waals surface area (Å²) in [5.41, 5.74) is 5.70. The van der Waals surface area contributed by atoms with E-state index in [0.717, 1.165) is 33.4 Å². The maximum absolute atomic E-state index is 10.4. The van der Waals surface area contributed by atoms with Crippen molar-refractivity contribution in [1.82, 2.24) is 0 Å². The molecule has 1 aromatic heterocycles. The van der Waals surface area contributed by atoms with Crippen molar-refractivity contribution in [2.75, 3.05) is 0 Å². The standard InChI is InChI=1S/C21H22O2S/c1-12-7-9-16(14(3)20(12)22)19(18-6-5-11-24-18)17-10-8-13(2)21(23)15(17)4/h5-11,19,22-23H,1-4H3. The zero-order chi connectivity index (χ0) is 17.4. The first-order valence-electron chi connectivity index (χ1n) is 8.03. The van der Waals surface area contributed by atoms with Crippen LogP contribution in [0.25, 0.3) is 0 Å². The molecule has 0 aliphatic heterocycles. The molecule has 24 heavy (non-hydrogen) atoms. The van der Waals surface area contributed by atoms with Crippen LogP contribution in [0.5, 0.6) is 11.5 Å². The van der Waals surface area contributed by atoms with Crippen LogP contribution in [0.3, 0.4) is 0 Å². The first kappa shape index (κ1) is 16.6. The predicted octanol–water partition coefficient (Wildman–Crippen LogP) is 5.57. The third-order valence-corrected chi connectivity index (χ3v) is 5.74. The third kappa shape index (κ3) is 2.69. The fraction of sp³-hybridized carbons (Fsp3) is 0.238. The van der Waals surface area contributed by atoms with Crippen molar-refractivity contribution in [3.63, 3.8) is 0 Å². The Labute approximate surface area is 147 Å². The minimum atomic E-state index is 0.00278. The topological polar surface area (TPSA) is 40.5 Å². The maximum atomic E-state index is 10.4. The molecule has 3 heteroatoms. The van der Waals surface area contributed by atoms with Crippen LogP contribution in [0.4, 0.5) is 0 Å². The SMILES string of the molecule is Cc1ccc(C(c2cccs2)c2ccc(C)c(O)c2C)c(C)c1O. The van der Waals surface area contributed by atoms with Gasteiger partial charge in [0.05, 0.1) is 0 Å². The Kier molecular flexibility index (Phi) is 4.37. The summed E-state index contributed by atoms with van der Waals surface area (Å²) in [6.45, 7) is 7.74. The Morgan fingerprint density at radius 1 is 0.750 bits per heavy atom. The van der Waals surface area contributed by atoms with Crippen LogP contribution in [0.15, 0.2) is 41.8 Å². The molecule has 0 atom stereocenters. The van der Waals surface area contributed by atoms with Crippen molar-refractivity contribution in [1.29, 1.82) is 0 Å². The van der Waals surface area contributed by atoms with Crippen LogP contribution in [0.2, 0.25) is 0 Å². The lowest BCUT2D eigenvalue weighted by atomic mass is 9.83. The summed E-state index contributed by atoms with van der Waals surface area (Å²) in [7, 11) is 0. The van der Waals surface area contributed by atoms with Gasteiger partial charge in [0.1, 0.15) is 11.5 Å². The molecule has 0 amide bonds. The van der Waals surface area contributed by atoms with E-state index in [1.54, 1.807) is 11.3 Å². The van der Waals surface area contributed by atoms with Crippen LogP contribution in [-0.2, 0) is 0 Å². The van der Waals surface area contributed by atoms with Gasteiger partial charge in [-0.3, -0.25) is 0 Å². The number of thiophene rings is 1. The molecule has 2 nitrogen and oxygen atoms in total. The fourth-order valence-electron chi connectivity index (χ4n) is 3.26. The maximum Gasteiger partial charge on any atom is 0.121 e. The number of hydrogen-bond acceptors (Lipinski definition) is 3. The first-order valence-corrected chi connectivity index (χ1v) is 8.91. The summed E-state index contributed by atoms with van der Waals surface area (Å²) in [4.78, 5) is 1.20. The normalized spacial score (nSPS) is 11.2. The summed E-state index contributed by atoms with van der Waals surface area (Å²) in [5, 5.41) is 22.9.